The molecule has 2 heterocycles. The summed E-state index contributed by atoms with van der Waals surface area (Å²) in [7, 11) is 0. The number of halogens is 1. The third kappa shape index (κ3) is 2.98. The van der Waals surface area contributed by atoms with Gasteiger partial charge in [0.05, 0.1) is 5.41 Å². The molecule has 42 heavy (non-hydrogen) atoms. The van der Waals surface area contributed by atoms with Gasteiger partial charge in [-0.2, -0.15) is 0 Å². The van der Waals surface area contributed by atoms with Crippen LogP contribution >= 0.6 is 0 Å². The zero-order chi connectivity index (χ0) is 30.1. The summed E-state index contributed by atoms with van der Waals surface area (Å²) in [6, 6.07) is 0. The van der Waals surface area contributed by atoms with Crippen LogP contribution in [0.1, 0.15) is 86.5 Å². The molecule has 0 N–H and O–H groups in total. The fraction of sp³-hybridized carbons (Fsp3) is 0.765. The van der Waals surface area contributed by atoms with E-state index in [-0.39, 0.29) is 48.1 Å². The van der Waals surface area contributed by atoms with Crippen LogP contribution in [0.5, 0.6) is 0 Å². The van der Waals surface area contributed by atoms with Gasteiger partial charge < -0.3 is 9.47 Å². The first-order chi connectivity index (χ1) is 19.7. The number of allylic oxidation sites excluding steroid dienone is 1. The molecule has 1 aliphatic heterocycles. The van der Waals surface area contributed by atoms with Crippen LogP contribution in [0.2, 0.25) is 0 Å². The average molecular weight is 581 g/mol. The van der Waals surface area contributed by atoms with Gasteiger partial charge in [0.25, 0.3) is 0 Å². The zero-order valence-electron chi connectivity index (χ0n) is 25.8. The number of carbonyl (C=O) groups excluding carboxylic acids is 3. The Balaban J connectivity index is 1.28. The van der Waals surface area contributed by atoms with Gasteiger partial charge in [-0.05, 0) is 79.6 Å². The zero-order valence-corrected chi connectivity index (χ0v) is 25.8. The number of imidazole rings is 1. The maximum Gasteiger partial charge on any atom is 0.419 e. The first-order valence-electron chi connectivity index (χ1n) is 16.0. The number of hydrogen-bond donors (Lipinski definition) is 0. The SMILES string of the molecule is C[C@H]1[C@H](C)CC[C@@]23CC[C@]4(C)[C@](OC2=O)([C@H](F)C[C@@H]2[C@@]5(C)C(C=O)=C[C@@](C)(COC(=O)n6ccnc6)[C@@H]5CC[C@]24C)[C@H]13. The third-order valence-corrected chi connectivity index (χ3v) is 14.7. The molecule has 228 valence electrons. The van der Waals surface area contributed by atoms with Crippen LogP contribution in [0.3, 0.4) is 0 Å². The van der Waals surface area contributed by atoms with E-state index in [1.54, 1.807) is 6.20 Å². The standard InChI is InChI=1S/C34H45FN2O5/c1-20-7-10-33-12-11-31(5)30(4)9-8-23-29(3,18-41-28(40)37-14-13-36-19-37)16-22(17-38)32(23,6)24(30)15-25(35)34(31,42-27(33)39)26(33)21(20)2/h13-14,16-17,19-21,23-26H,7-12,15,18H2,1-6H3/t20-,21+,23+,24+,25-,26-,29+,30-,31+,32+,33+,34+/m1/s1. The molecule has 1 aromatic heterocycles. The van der Waals surface area contributed by atoms with Gasteiger partial charge in [-0.25, -0.2) is 18.7 Å². The molecule has 2 bridgehead atoms. The van der Waals surface area contributed by atoms with E-state index in [4.69, 9.17) is 9.47 Å². The number of ether oxygens (including phenoxy) is 2. The van der Waals surface area contributed by atoms with Crippen LogP contribution in [0.15, 0.2) is 30.4 Å². The maximum atomic E-state index is 17.4. The molecule has 0 aromatic carbocycles. The number of hydrogen-bond acceptors (Lipinski definition) is 6. The lowest BCUT2D eigenvalue weighted by atomic mass is 9.31. The lowest BCUT2D eigenvalue weighted by Crippen LogP contribution is -2.75. The van der Waals surface area contributed by atoms with Crippen LogP contribution in [0, 0.1) is 56.7 Å². The van der Waals surface area contributed by atoms with Crippen molar-refractivity contribution >= 4 is 18.3 Å². The van der Waals surface area contributed by atoms with Crippen molar-refractivity contribution in [2.45, 2.75) is 98.3 Å². The van der Waals surface area contributed by atoms with Crippen LogP contribution in [0.25, 0.3) is 0 Å². The van der Waals surface area contributed by atoms with Gasteiger partial charge in [-0.1, -0.05) is 47.6 Å². The second kappa shape index (κ2) is 8.56. The number of aldehydes is 1. The summed E-state index contributed by atoms with van der Waals surface area (Å²) >= 11 is 0. The number of alkyl halides is 1. The topological polar surface area (TPSA) is 87.5 Å². The molecule has 5 aliphatic carbocycles. The highest BCUT2D eigenvalue weighted by molar-refractivity contribution is 5.82. The summed E-state index contributed by atoms with van der Waals surface area (Å²) in [4.78, 5) is 43.2. The van der Waals surface area contributed by atoms with Gasteiger partial charge in [-0.15, -0.1) is 0 Å². The first-order valence-corrected chi connectivity index (χ1v) is 16.0. The van der Waals surface area contributed by atoms with E-state index >= 15 is 4.39 Å². The number of esters is 1. The monoisotopic (exact) mass is 580 g/mol. The van der Waals surface area contributed by atoms with E-state index in [9.17, 15) is 14.4 Å². The largest absolute Gasteiger partial charge is 0.455 e. The molecule has 1 spiro atoms. The molecule has 1 aromatic rings. The van der Waals surface area contributed by atoms with E-state index < -0.39 is 39.5 Å². The molecule has 5 fully saturated rings. The van der Waals surface area contributed by atoms with E-state index in [1.165, 1.54) is 17.1 Å². The Labute approximate surface area is 248 Å². The first kappa shape index (κ1) is 28.3. The van der Waals surface area contributed by atoms with Crippen molar-refractivity contribution in [1.82, 2.24) is 9.55 Å². The summed E-state index contributed by atoms with van der Waals surface area (Å²) < 4.78 is 31.0. The van der Waals surface area contributed by atoms with Gasteiger partial charge in [0.15, 0.2) is 5.60 Å². The summed E-state index contributed by atoms with van der Waals surface area (Å²) in [6.07, 6.45) is 10.8. The number of nitrogens with zero attached hydrogens (tertiary/aromatic N) is 2. The van der Waals surface area contributed by atoms with Crippen LogP contribution in [-0.4, -0.2) is 46.3 Å². The Bertz CT molecular complexity index is 1380. The second-order valence-corrected chi connectivity index (χ2v) is 15.8. The highest BCUT2D eigenvalue weighted by Gasteiger charge is 2.84. The number of carbonyl (C=O) groups is 3. The van der Waals surface area contributed by atoms with E-state index in [0.717, 1.165) is 44.8 Å². The minimum Gasteiger partial charge on any atom is -0.455 e. The predicted molar refractivity (Wildman–Crippen MR) is 153 cm³/mol. The van der Waals surface area contributed by atoms with Crippen molar-refractivity contribution in [2.24, 2.45) is 56.7 Å². The van der Waals surface area contributed by atoms with Crippen molar-refractivity contribution in [3.63, 3.8) is 0 Å². The smallest absolute Gasteiger partial charge is 0.419 e. The number of fused-ring (bicyclic) bond motifs is 4. The van der Waals surface area contributed by atoms with Gasteiger partial charge in [0.1, 0.15) is 25.4 Å². The minimum atomic E-state index is -1.31. The highest BCUT2D eigenvalue weighted by Crippen LogP contribution is 2.81. The quantitative estimate of drug-likeness (QED) is 0.297. The molecule has 6 aliphatic rings. The van der Waals surface area contributed by atoms with Gasteiger partial charge in [0.2, 0.25) is 0 Å². The van der Waals surface area contributed by atoms with Crippen molar-refractivity contribution in [3.8, 4) is 0 Å². The Hall–Kier alpha value is -2.51. The average Bonchev–Trinajstić information content (AvgIpc) is 3.62. The lowest BCUT2D eigenvalue weighted by Gasteiger charge is -2.72. The Kier molecular flexibility index (Phi) is 5.76. The van der Waals surface area contributed by atoms with Crippen molar-refractivity contribution in [2.75, 3.05) is 6.61 Å². The molecular weight excluding hydrogens is 535 g/mol. The predicted octanol–water partition coefficient (Wildman–Crippen LogP) is 6.56. The molecular formula is C34H45FN2O5. The molecule has 7 rings (SSSR count). The molecule has 0 amide bonds. The molecule has 12 atom stereocenters. The van der Waals surface area contributed by atoms with Gasteiger partial charge in [0, 0.05) is 34.6 Å². The van der Waals surface area contributed by atoms with Gasteiger partial charge >= 0.3 is 12.1 Å². The fourth-order valence-electron chi connectivity index (χ4n) is 12.3. The Morgan fingerprint density at radius 1 is 1.14 bits per heavy atom. The fourth-order valence-corrected chi connectivity index (χ4v) is 12.3. The Morgan fingerprint density at radius 3 is 2.60 bits per heavy atom. The molecule has 8 heteroatoms. The summed E-state index contributed by atoms with van der Waals surface area (Å²) in [5.74, 6) is 0.192. The van der Waals surface area contributed by atoms with Crippen molar-refractivity contribution in [3.05, 3.63) is 30.4 Å². The van der Waals surface area contributed by atoms with Crippen LogP contribution < -0.4 is 0 Å². The summed E-state index contributed by atoms with van der Waals surface area (Å²) in [6.45, 7) is 13.3. The summed E-state index contributed by atoms with van der Waals surface area (Å²) in [5, 5.41) is 0. The number of aromatic nitrogens is 2. The van der Waals surface area contributed by atoms with E-state index in [2.05, 4.69) is 46.5 Å². The van der Waals surface area contributed by atoms with E-state index in [1.807, 2.05) is 6.08 Å². The molecule has 7 nitrogen and oxygen atoms in total. The van der Waals surface area contributed by atoms with Crippen molar-refractivity contribution in [1.29, 1.82) is 0 Å². The summed E-state index contributed by atoms with van der Waals surface area (Å²) in [5.41, 5.74) is -3.11. The normalized spacial score (nSPS) is 52.3. The van der Waals surface area contributed by atoms with Gasteiger partial charge in [-0.3, -0.25) is 9.59 Å². The van der Waals surface area contributed by atoms with E-state index in [0.29, 0.717) is 11.5 Å². The minimum absolute atomic E-state index is 0.00569. The lowest BCUT2D eigenvalue weighted by molar-refractivity contribution is -0.296. The molecule has 0 radical (unpaired) electrons. The van der Waals surface area contributed by atoms with Crippen LogP contribution in [-0.2, 0) is 19.1 Å². The molecule has 1 saturated heterocycles. The third-order valence-electron chi connectivity index (χ3n) is 14.7. The Morgan fingerprint density at radius 2 is 1.90 bits per heavy atom. The maximum absolute atomic E-state index is 17.4. The second-order valence-electron chi connectivity index (χ2n) is 15.8. The number of rotatable bonds is 3. The highest BCUT2D eigenvalue weighted by atomic mass is 19.1. The molecule has 0 unspecified atom stereocenters. The van der Waals surface area contributed by atoms with Crippen LogP contribution in [0.4, 0.5) is 9.18 Å². The molecule has 4 saturated carbocycles. The van der Waals surface area contributed by atoms with Crippen molar-refractivity contribution < 1.29 is 28.2 Å².